The lowest BCUT2D eigenvalue weighted by molar-refractivity contribution is -0.115. The number of carbonyl (C=O) groups excluding carboxylic acids is 1. The van der Waals surface area contributed by atoms with Gasteiger partial charge >= 0.3 is 0 Å². The van der Waals surface area contributed by atoms with E-state index in [1.54, 1.807) is 0 Å². The Balaban J connectivity index is 2.57. The molecular formula is C16H26N2O. The molecule has 1 amide bonds. The quantitative estimate of drug-likeness (QED) is 0.728. The summed E-state index contributed by atoms with van der Waals surface area (Å²) in [5.41, 5.74) is 1.99. The first kappa shape index (κ1) is 15.5. The third kappa shape index (κ3) is 5.77. The molecule has 0 aliphatic rings. The molecule has 19 heavy (non-hydrogen) atoms. The fourth-order valence-electron chi connectivity index (χ4n) is 2.12. The van der Waals surface area contributed by atoms with Crippen LogP contribution < -0.4 is 10.6 Å². The Morgan fingerprint density at radius 1 is 1.00 bits per heavy atom. The number of amides is 1. The average molecular weight is 262 g/mol. The molecule has 0 fully saturated rings. The number of carbonyl (C=O) groups is 1. The van der Waals surface area contributed by atoms with E-state index in [2.05, 4.69) is 24.5 Å². The molecule has 106 valence electrons. The SMILES string of the molecule is CCCC(CCC)Nc1ccc(NC(=O)CC)cc1. The molecule has 0 aliphatic carbocycles. The first-order chi connectivity index (χ1) is 9.19. The lowest BCUT2D eigenvalue weighted by Crippen LogP contribution is -2.18. The van der Waals surface area contributed by atoms with Gasteiger partial charge in [-0.3, -0.25) is 4.79 Å². The number of hydrogen-bond acceptors (Lipinski definition) is 2. The largest absolute Gasteiger partial charge is 0.382 e. The molecule has 1 aromatic rings. The lowest BCUT2D eigenvalue weighted by atomic mass is 10.1. The van der Waals surface area contributed by atoms with Gasteiger partial charge in [-0.25, -0.2) is 0 Å². The van der Waals surface area contributed by atoms with Crippen molar-refractivity contribution in [2.45, 2.75) is 58.9 Å². The monoisotopic (exact) mass is 262 g/mol. The molecule has 2 N–H and O–H groups in total. The second kappa shape index (κ2) is 8.57. The van der Waals surface area contributed by atoms with Crippen LogP contribution in [0.3, 0.4) is 0 Å². The maximum Gasteiger partial charge on any atom is 0.224 e. The summed E-state index contributed by atoms with van der Waals surface area (Å²) in [5, 5.41) is 6.42. The van der Waals surface area contributed by atoms with Crippen LogP contribution in [0.15, 0.2) is 24.3 Å². The van der Waals surface area contributed by atoms with Crippen LogP contribution in [-0.2, 0) is 4.79 Å². The molecule has 0 spiro atoms. The lowest BCUT2D eigenvalue weighted by Gasteiger charge is -2.19. The van der Waals surface area contributed by atoms with E-state index in [1.807, 2.05) is 31.2 Å². The molecule has 0 radical (unpaired) electrons. The summed E-state index contributed by atoms with van der Waals surface area (Å²) in [6.07, 6.45) is 5.30. The van der Waals surface area contributed by atoms with E-state index < -0.39 is 0 Å². The van der Waals surface area contributed by atoms with Crippen molar-refractivity contribution in [1.82, 2.24) is 0 Å². The van der Waals surface area contributed by atoms with Gasteiger partial charge in [-0.15, -0.1) is 0 Å². The molecule has 3 nitrogen and oxygen atoms in total. The highest BCUT2D eigenvalue weighted by molar-refractivity contribution is 5.90. The zero-order valence-corrected chi connectivity index (χ0v) is 12.3. The van der Waals surface area contributed by atoms with Crippen molar-refractivity contribution in [3.05, 3.63) is 24.3 Å². The molecule has 0 heterocycles. The zero-order chi connectivity index (χ0) is 14.1. The molecular weight excluding hydrogens is 236 g/mol. The Kier molecular flexibility index (Phi) is 7.01. The molecule has 3 heteroatoms. The van der Waals surface area contributed by atoms with Gasteiger partial charge in [0.25, 0.3) is 0 Å². The molecule has 0 unspecified atom stereocenters. The van der Waals surface area contributed by atoms with Crippen molar-refractivity contribution in [3.63, 3.8) is 0 Å². The summed E-state index contributed by atoms with van der Waals surface area (Å²) in [6, 6.07) is 8.51. The summed E-state index contributed by atoms with van der Waals surface area (Å²) >= 11 is 0. The van der Waals surface area contributed by atoms with Gasteiger partial charge in [0, 0.05) is 23.8 Å². The van der Waals surface area contributed by atoms with E-state index in [4.69, 9.17) is 0 Å². The summed E-state index contributed by atoms with van der Waals surface area (Å²) < 4.78 is 0. The molecule has 0 bridgehead atoms. The molecule has 0 aliphatic heterocycles. The summed E-state index contributed by atoms with van der Waals surface area (Å²) in [5.74, 6) is 0.0514. The van der Waals surface area contributed by atoms with Crippen LogP contribution in [0.25, 0.3) is 0 Å². The van der Waals surface area contributed by atoms with Gasteiger partial charge < -0.3 is 10.6 Å². The van der Waals surface area contributed by atoms with Crippen LogP contribution in [0, 0.1) is 0 Å². The number of hydrogen-bond donors (Lipinski definition) is 2. The molecule has 1 aromatic carbocycles. The van der Waals surface area contributed by atoms with Gasteiger partial charge in [-0.1, -0.05) is 33.6 Å². The van der Waals surface area contributed by atoms with Crippen molar-refractivity contribution < 1.29 is 4.79 Å². The van der Waals surface area contributed by atoms with E-state index in [0.29, 0.717) is 12.5 Å². The molecule has 1 rings (SSSR count). The van der Waals surface area contributed by atoms with Crippen LogP contribution in [0.4, 0.5) is 11.4 Å². The first-order valence-corrected chi connectivity index (χ1v) is 7.36. The smallest absolute Gasteiger partial charge is 0.224 e. The number of benzene rings is 1. The van der Waals surface area contributed by atoms with Crippen molar-refractivity contribution in [2.24, 2.45) is 0 Å². The second-order valence-electron chi connectivity index (χ2n) is 4.90. The standard InChI is InChI=1S/C16H26N2O/c1-4-7-13(8-5-2)17-14-9-11-15(12-10-14)18-16(19)6-3/h9-13,17H,4-8H2,1-3H3,(H,18,19). The van der Waals surface area contributed by atoms with Crippen LogP contribution in [0.1, 0.15) is 52.9 Å². The topological polar surface area (TPSA) is 41.1 Å². The third-order valence-corrected chi connectivity index (χ3v) is 3.13. The Morgan fingerprint density at radius 3 is 2.00 bits per heavy atom. The number of nitrogens with one attached hydrogen (secondary N) is 2. The Hall–Kier alpha value is -1.51. The van der Waals surface area contributed by atoms with Gasteiger partial charge in [-0.05, 0) is 37.1 Å². The van der Waals surface area contributed by atoms with Crippen molar-refractivity contribution in [3.8, 4) is 0 Å². The minimum atomic E-state index is 0.0514. The van der Waals surface area contributed by atoms with Crippen molar-refractivity contribution in [1.29, 1.82) is 0 Å². The highest BCUT2D eigenvalue weighted by Gasteiger charge is 2.06. The van der Waals surface area contributed by atoms with Gasteiger partial charge in [0.2, 0.25) is 5.91 Å². The van der Waals surface area contributed by atoms with Gasteiger partial charge in [0.1, 0.15) is 0 Å². The fourth-order valence-corrected chi connectivity index (χ4v) is 2.12. The average Bonchev–Trinajstić information content (AvgIpc) is 2.41. The van der Waals surface area contributed by atoms with Crippen LogP contribution in [0.5, 0.6) is 0 Å². The summed E-state index contributed by atoms with van der Waals surface area (Å²) in [6.45, 7) is 6.28. The van der Waals surface area contributed by atoms with Gasteiger partial charge in [0.05, 0.1) is 0 Å². The van der Waals surface area contributed by atoms with Crippen molar-refractivity contribution >= 4 is 17.3 Å². The predicted octanol–water partition coefficient (Wildman–Crippen LogP) is 4.42. The molecule has 0 aromatic heterocycles. The minimum absolute atomic E-state index is 0.0514. The molecule has 0 saturated heterocycles. The number of anilines is 2. The fraction of sp³-hybridized carbons (Fsp3) is 0.562. The van der Waals surface area contributed by atoms with Gasteiger partial charge in [0.15, 0.2) is 0 Å². The predicted molar refractivity (Wildman–Crippen MR) is 82.6 cm³/mol. The van der Waals surface area contributed by atoms with E-state index in [0.717, 1.165) is 11.4 Å². The normalized spacial score (nSPS) is 10.5. The highest BCUT2D eigenvalue weighted by Crippen LogP contribution is 2.17. The van der Waals surface area contributed by atoms with Gasteiger partial charge in [-0.2, -0.15) is 0 Å². The Bertz CT molecular complexity index is 367. The summed E-state index contributed by atoms with van der Waals surface area (Å²) in [4.78, 5) is 11.3. The first-order valence-electron chi connectivity index (χ1n) is 7.36. The number of rotatable bonds is 8. The third-order valence-electron chi connectivity index (χ3n) is 3.13. The summed E-state index contributed by atoms with van der Waals surface area (Å²) in [7, 11) is 0. The molecule has 0 saturated carbocycles. The van der Waals surface area contributed by atoms with Crippen molar-refractivity contribution in [2.75, 3.05) is 10.6 Å². The highest BCUT2D eigenvalue weighted by atomic mass is 16.1. The van der Waals surface area contributed by atoms with E-state index in [-0.39, 0.29) is 5.91 Å². The maximum atomic E-state index is 11.3. The second-order valence-corrected chi connectivity index (χ2v) is 4.90. The minimum Gasteiger partial charge on any atom is -0.382 e. The van der Waals surface area contributed by atoms with Crippen LogP contribution >= 0.6 is 0 Å². The molecule has 0 atom stereocenters. The Morgan fingerprint density at radius 2 is 1.53 bits per heavy atom. The van der Waals surface area contributed by atoms with E-state index in [9.17, 15) is 4.79 Å². The van der Waals surface area contributed by atoms with Crippen LogP contribution in [0.2, 0.25) is 0 Å². The zero-order valence-electron chi connectivity index (χ0n) is 12.3. The maximum absolute atomic E-state index is 11.3. The Labute approximate surface area is 116 Å². The van der Waals surface area contributed by atoms with E-state index in [1.165, 1.54) is 25.7 Å². The van der Waals surface area contributed by atoms with Crippen LogP contribution in [-0.4, -0.2) is 11.9 Å². The van der Waals surface area contributed by atoms with E-state index >= 15 is 0 Å².